The zero-order valence-electron chi connectivity index (χ0n) is 10.8. The molecule has 0 amide bonds. The summed E-state index contributed by atoms with van der Waals surface area (Å²) >= 11 is 1.93. The fourth-order valence-electron chi connectivity index (χ4n) is 1.81. The number of fused-ring (bicyclic) bond motifs is 1. The number of benzene rings is 1. The average molecular weight is 261 g/mol. The van der Waals surface area contributed by atoms with Crippen LogP contribution in [0.4, 0.5) is 11.5 Å². The van der Waals surface area contributed by atoms with Crippen molar-refractivity contribution in [2.45, 2.75) is 19.9 Å². The Labute approximate surface area is 112 Å². The molecule has 1 heterocycles. The molecule has 3 nitrogen and oxygen atoms in total. The predicted octanol–water partition coefficient (Wildman–Crippen LogP) is 3.37. The smallest absolute Gasteiger partial charge is 0.126 e. The summed E-state index contributed by atoms with van der Waals surface area (Å²) in [6.45, 7) is 4.35. The molecule has 0 bridgehead atoms. The van der Waals surface area contributed by atoms with Crippen LogP contribution in [-0.2, 0) is 0 Å². The maximum atomic E-state index is 5.75. The van der Waals surface area contributed by atoms with E-state index in [0.717, 1.165) is 33.9 Å². The van der Waals surface area contributed by atoms with Gasteiger partial charge in [0.1, 0.15) is 5.82 Å². The monoisotopic (exact) mass is 261 g/mol. The fraction of sp³-hybridized carbons (Fsp3) is 0.357. The SMILES string of the molecule is CCSCC(C)Nc1ccc2cc(N)ccc2n1. The normalized spacial score (nSPS) is 12.6. The molecule has 1 atom stereocenters. The van der Waals surface area contributed by atoms with Gasteiger partial charge in [0.2, 0.25) is 0 Å². The van der Waals surface area contributed by atoms with Crippen LogP contribution in [0.15, 0.2) is 30.3 Å². The highest BCUT2D eigenvalue weighted by Crippen LogP contribution is 2.18. The summed E-state index contributed by atoms with van der Waals surface area (Å²) in [6.07, 6.45) is 0. The summed E-state index contributed by atoms with van der Waals surface area (Å²) in [4.78, 5) is 4.59. The van der Waals surface area contributed by atoms with Crippen LogP contribution in [-0.4, -0.2) is 22.5 Å². The molecule has 0 saturated heterocycles. The van der Waals surface area contributed by atoms with E-state index in [1.807, 2.05) is 36.0 Å². The van der Waals surface area contributed by atoms with Gasteiger partial charge in [0.15, 0.2) is 0 Å². The molecule has 1 unspecified atom stereocenters. The van der Waals surface area contributed by atoms with Crippen LogP contribution >= 0.6 is 11.8 Å². The maximum Gasteiger partial charge on any atom is 0.126 e. The molecule has 2 rings (SSSR count). The van der Waals surface area contributed by atoms with Gasteiger partial charge in [0.25, 0.3) is 0 Å². The van der Waals surface area contributed by atoms with E-state index >= 15 is 0 Å². The van der Waals surface area contributed by atoms with Crippen LogP contribution in [0.2, 0.25) is 0 Å². The minimum Gasteiger partial charge on any atom is -0.399 e. The Bertz CT molecular complexity index is 527. The van der Waals surface area contributed by atoms with Crippen molar-refractivity contribution in [2.75, 3.05) is 22.6 Å². The second-order valence-electron chi connectivity index (χ2n) is 4.35. The summed E-state index contributed by atoms with van der Waals surface area (Å²) in [5, 5.41) is 4.50. The first-order chi connectivity index (χ1) is 8.69. The minimum atomic E-state index is 0.425. The molecule has 0 aliphatic rings. The molecule has 4 heteroatoms. The first kappa shape index (κ1) is 13.0. The summed E-state index contributed by atoms with van der Waals surface area (Å²) < 4.78 is 0. The first-order valence-electron chi connectivity index (χ1n) is 6.19. The second kappa shape index (κ2) is 5.96. The number of aromatic nitrogens is 1. The third kappa shape index (κ3) is 3.29. The third-order valence-corrected chi connectivity index (χ3v) is 3.82. The number of hydrogen-bond acceptors (Lipinski definition) is 4. The van der Waals surface area contributed by atoms with Gasteiger partial charge < -0.3 is 11.1 Å². The molecule has 1 aromatic carbocycles. The van der Waals surface area contributed by atoms with Crippen LogP contribution in [0.3, 0.4) is 0 Å². The Morgan fingerprint density at radius 1 is 1.33 bits per heavy atom. The van der Waals surface area contributed by atoms with Crippen LogP contribution in [0.5, 0.6) is 0 Å². The number of anilines is 2. The summed E-state index contributed by atoms with van der Waals surface area (Å²) in [7, 11) is 0. The van der Waals surface area contributed by atoms with Crippen molar-refractivity contribution in [2.24, 2.45) is 0 Å². The van der Waals surface area contributed by atoms with Crippen molar-refractivity contribution in [1.29, 1.82) is 0 Å². The standard InChI is InChI=1S/C14H19N3S/c1-3-18-9-10(2)16-14-7-4-11-8-12(15)5-6-13(11)17-14/h4-8,10H,3,9,15H2,1-2H3,(H,16,17). The van der Waals surface area contributed by atoms with Crippen molar-refractivity contribution >= 4 is 34.2 Å². The van der Waals surface area contributed by atoms with Crippen LogP contribution in [0.25, 0.3) is 10.9 Å². The van der Waals surface area contributed by atoms with Gasteiger partial charge >= 0.3 is 0 Å². The Balaban J connectivity index is 2.12. The molecule has 0 fully saturated rings. The van der Waals surface area contributed by atoms with E-state index in [0.29, 0.717) is 6.04 Å². The zero-order valence-corrected chi connectivity index (χ0v) is 11.6. The number of nitrogens with two attached hydrogens (primary N) is 1. The summed E-state index contributed by atoms with van der Waals surface area (Å²) in [6, 6.07) is 10.3. The van der Waals surface area contributed by atoms with E-state index in [1.165, 1.54) is 0 Å². The van der Waals surface area contributed by atoms with Gasteiger partial charge in [-0.3, -0.25) is 0 Å². The van der Waals surface area contributed by atoms with Gasteiger partial charge in [-0.25, -0.2) is 4.98 Å². The van der Waals surface area contributed by atoms with E-state index in [1.54, 1.807) is 0 Å². The largest absolute Gasteiger partial charge is 0.399 e. The molecular weight excluding hydrogens is 242 g/mol. The molecule has 0 spiro atoms. The molecule has 0 aliphatic carbocycles. The number of rotatable bonds is 5. The van der Waals surface area contributed by atoms with Crippen molar-refractivity contribution < 1.29 is 0 Å². The zero-order chi connectivity index (χ0) is 13.0. The number of nitrogen functional groups attached to an aromatic ring is 1. The molecule has 1 aromatic heterocycles. The number of thioether (sulfide) groups is 1. The van der Waals surface area contributed by atoms with E-state index in [4.69, 9.17) is 5.73 Å². The van der Waals surface area contributed by atoms with Crippen molar-refractivity contribution in [1.82, 2.24) is 4.98 Å². The molecule has 0 radical (unpaired) electrons. The Morgan fingerprint density at radius 2 is 2.17 bits per heavy atom. The van der Waals surface area contributed by atoms with Crippen molar-refractivity contribution in [3.63, 3.8) is 0 Å². The molecule has 0 aliphatic heterocycles. The lowest BCUT2D eigenvalue weighted by Gasteiger charge is -2.14. The van der Waals surface area contributed by atoms with Gasteiger partial charge in [-0.2, -0.15) is 11.8 Å². The molecule has 2 aromatic rings. The number of pyridine rings is 1. The lowest BCUT2D eigenvalue weighted by Crippen LogP contribution is -2.18. The predicted molar refractivity (Wildman–Crippen MR) is 82.2 cm³/mol. The Kier molecular flexibility index (Phi) is 4.31. The highest BCUT2D eigenvalue weighted by Gasteiger charge is 2.03. The molecule has 0 saturated carbocycles. The lowest BCUT2D eigenvalue weighted by molar-refractivity contribution is 0.904. The molecule has 3 N–H and O–H groups in total. The van der Waals surface area contributed by atoms with Crippen molar-refractivity contribution in [3.05, 3.63) is 30.3 Å². The quantitative estimate of drug-likeness (QED) is 0.810. The summed E-state index contributed by atoms with van der Waals surface area (Å²) in [5.74, 6) is 3.17. The van der Waals surface area contributed by atoms with Crippen molar-refractivity contribution in [3.8, 4) is 0 Å². The van der Waals surface area contributed by atoms with E-state index in [2.05, 4.69) is 30.2 Å². The third-order valence-electron chi connectivity index (χ3n) is 2.68. The average Bonchev–Trinajstić information content (AvgIpc) is 2.36. The highest BCUT2D eigenvalue weighted by atomic mass is 32.2. The van der Waals surface area contributed by atoms with Gasteiger partial charge in [0, 0.05) is 22.9 Å². The van der Waals surface area contributed by atoms with E-state index < -0.39 is 0 Å². The summed E-state index contributed by atoms with van der Waals surface area (Å²) in [5.41, 5.74) is 7.50. The van der Waals surface area contributed by atoms with Gasteiger partial charge in [-0.05, 0) is 43.0 Å². The fourth-order valence-corrected chi connectivity index (χ4v) is 2.49. The lowest BCUT2D eigenvalue weighted by atomic mass is 10.2. The minimum absolute atomic E-state index is 0.425. The van der Waals surface area contributed by atoms with Gasteiger partial charge in [0.05, 0.1) is 5.52 Å². The Morgan fingerprint density at radius 3 is 2.94 bits per heavy atom. The molecule has 96 valence electrons. The molecular formula is C14H19N3S. The number of nitrogens with one attached hydrogen (secondary N) is 1. The topological polar surface area (TPSA) is 50.9 Å². The number of nitrogens with zero attached hydrogens (tertiary/aromatic N) is 1. The number of hydrogen-bond donors (Lipinski definition) is 2. The maximum absolute atomic E-state index is 5.75. The Hall–Kier alpha value is -1.42. The second-order valence-corrected chi connectivity index (χ2v) is 5.67. The van der Waals surface area contributed by atoms with E-state index in [9.17, 15) is 0 Å². The molecule has 18 heavy (non-hydrogen) atoms. The first-order valence-corrected chi connectivity index (χ1v) is 7.35. The van der Waals surface area contributed by atoms with E-state index in [-0.39, 0.29) is 0 Å². The highest BCUT2D eigenvalue weighted by molar-refractivity contribution is 7.99. The van der Waals surface area contributed by atoms with Crippen LogP contribution < -0.4 is 11.1 Å². The van der Waals surface area contributed by atoms with Gasteiger partial charge in [-0.15, -0.1) is 0 Å². The van der Waals surface area contributed by atoms with Crippen LogP contribution in [0, 0.1) is 0 Å². The van der Waals surface area contributed by atoms with Crippen LogP contribution in [0.1, 0.15) is 13.8 Å². The van der Waals surface area contributed by atoms with Gasteiger partial charge in [-0.1, -0.05) is 6.92 Å².